The van der Waals surface area contributed by atoms with E-state index in [2.05, 4.69) is 58.0 Å². The Morgan fingerprint density at radius 2 is 1.82 bits per heavy atom. The monoisotopic (exact) mass is 258 g/mol. The molecule has 1 aliphatic heterocycles. The molecule has 1 rings (SSSR count). The van der Waals surface area contributed by atoms with Gasteiger partial charge in [0.15, 0.2) is 0 Å². The molecule has 2 atom stereocenters. The standard InChI is InChI=1S/C14H30N2S/c1-11-8-15-12(13(2,3)4)9-16(11)10-14(5,6)17-7/h11-12,15H,8-10H2,1-7H3. The van der Waals surface area contributed by atoms with Gasteiger partial charge in [-0.2, -0.15) is 11.8 Å². The minimum Gasteiger partial charge on any atom is -0.311 e. The summed E-state index contributed by atoms with van der Waals surface area (Å²) in [4.78, 5) is 2.66. The Kier molecular flexibility index (Phi) is 4.96. The number of hydrogen-bond acceptors (Lipinski definition) is 3. The zero-order chi connectivity index (χ0) is 13.3. The topological polar surface area (TPSA) is 15.3 Å². The van der Waals surface area contributed by atoms with Crippen molar-refractivity contribution in [2.75, 3.05) is 25.9 Å². The summed E-state index contributed by atoms with van der Waals surface area (Å²) in [6, 6.07) is 1.26. The molecule has 17 heavy (non-hydrogen) atoms. The molecule has 0 spiro atoms. The summed E-state index contributed by atoms with van der Waals surface area (Å²) < 4.78 is 0.355. The van der Waals surface area contributed by atoms with Crippen molar-refractivity contribution in [3.63, 3.8) is 0 Å². The van der Waals surface area contributed by atoms with Crippen molar-refractivity contribution in [2.24, 2.45) is 5.41 Å². The van der Waals surface area contributed by atoms with E-state index in [1.807, 2.05) is 11.8 Å². The molecule has 0 aromatic heterocycles. The molecule has 3 heteroatoms. The summed E-state index contributed by atoms with van der Waals surface area (Å²) in [5.74, 6) is 0. The maximum Gasteiger partial charge on any atom is 0.0244 e. The third-order valence-corrected chi connectivity index (χ3v) is 5.12. The highest BCUT2D eigenvalue weighted by molar-refractivity contribution is 7.99. The fraction of sp³-hybridized carbons (Fsp3) is 1.00. The lowest BCUT2D eigenvalue weighted by Crippen LogP contribution is -2.61. The Labute approximate surface area is 112 Å². The lowest BCUT2D eigenvalue weighted by Gasteiger charge is -2.46. The van der Waals surface area contributed by atoms with Crippen LogP contribution in [0.1, 0.15) is 41.5 Å². The van der Waals surface area contributed by atoms with Crippen LogP contribution in [0.2, 0.25) is 0 Å². The molecular formula is C14H30N2S. The molecule has 1 aliphatic rings. The van der Waals surface area contributed by atoms with E-state index in [4.69, 9.17) is 0 Å². The van der Waals surface area contributed by atoms with Crippen molar-refractivity contribution in [2.45, 2.75) is 58.4 Å². The van der Waals surface area contributed by atoms with Gasteiger partial charge in [0.25, 0.3) is 0 Å². The Bertz CT molecular complexity index is 245. The largest absolute Gasteiger partial charge is 0.311 e. The van der Waals surface area contributed by atoms with Crippen LogP contribution in [0.5, 0.6) is 0 Å². The molecule has 0 saturated carbocycles. The van der Waals surface area contributed by atoms with Crippen LogP contribution in [-0.4, -0.2) is 47.6 Å². The maximum absolute atomic E-state index is 3.69. The van der Waals surface area contributed by atoms with Crippen molar-refractivity contribution < 1.29 is 0 Å². The first-order valence-electron chi connectivity index (χ1n) is 6.68. The van der Waals surface area contributed by atoms with E-state index in [0.29, 0.717) is 22.2 Å². The van der Waals surface area contributed by atoms with Gasteiger partial charge in [-0.1, -0.05) is 20.8 Å². The smallest absolute Gasteiger partial charge is 0.0244 e. The average Bonchev–Trinajstić information content (AvgIpc) is 2.19. The zero-order valence-electron chi connectivity index (χ0n) is 12.6. The molecule has 1 saturated heterocycles. The quantitative estimate of drug-likeness (QED) is 0.838. The molecule has 0 radical (unpaired) electrons. The fourth-order valence-electron chi connectivity index (χ4n) is 2.27. The second kappa shape index (κ2) is 5.50. The van der Waals surface area contributed by atoms with Gasteiger partial charge in [0.05, 0.1) is 0 Å². The summed E-state index contributed by atoms with van der Waals surface area (Å²) in [6.07, 6.45) is 2.22. The highest BCUT2D eigenvalue weighted by atomic mass is 32.2. The van der Waals surface area contributed by atoms with Crippen LogP contribution in [0.3, 0.4) is 0 Å². The third kappa shape index (κ3) is 4.46. The molecule has 1 heterocycles. The normalized spacial score (nSPS) is 28.4. The Morgan fingerprint density at radius 3 is 2.29 bits per heavy atom. The van der Waals surface area contributed by atoms with Crippen molar-refractivity contribution >= 4 is 11.8 Å². The van der Waals surface area contributed by atoms with E-state index in [0.717, 1.165) is 6.54 Å². The van der Waals surface area contributed by atoms with E-state index in [9.17, 15) is 0 Å². The van der Waals surface area contributed by atoms with Gasteiger partial charge in [-0.25, -0.2) is 0 Å². The highest BCUT2D eigenvalue weighted by Crippen LogP contribution is 2.27. The van der Waals surface area contributed by atoms with Gasteiger partial charge in [0.1, 0.15) is 0 Å². The number of rotatable bonds is 3. The molecule has 2 nitrogen and oxygen atoms in total. The summed E-state index contributed by atoms with van der Waals surface area (Å²) in [7, 11) is 0. The van der Waals surface area contributed by atoms with Crippen LogP contribution in [0.15, 0.2) is 0 Å². The highest BCUT2D eigenvalue weighted by Gasteiger charge is 2.34. The van der Waals surface area contributed by atoms with Crippen molar-refractivity contribution in [3.8, 4) is 0 Å². The van der Waals surface area contributed by atoms with Crippen LogP contribution in [0, 0.1) is 5.41 Å². The molecule has 0 aliphatic carbocycles. The number of hydrogen-bond donors (Lipinski definition) is 1. The average molecular weight is 258 g/mol. The lowest BCUT2D eigenvalue weighted by molar-refractivity contribution is 0.0880. The second-order valence-electron chi connectivity index (χ2n) is 7.07. The van der Waals surface area contributed by atoms with E-state index in [1.54, 1.807) is 0 Å². The van der Waals surface area contributed by atoms with Crippen LogP contribution in [-0.2, 0) is 0 Å². The van der Waals surface area contributed by atoms with Gasteiger partial charge in [-0.15, -0.1) is 0 Å². The van der Waals surface area contributed by atoms with Crippen molar-refractivity contribution in [3.05, 3.63) is 0 Å². The number of thioether (sulfide) groups is 1. The Hall–Kier alpha value is 0.270. The second-order valence-corrected chi connectivity index (χ2v) is 8.58. The van der Waals surface area contributed by atoms with Gasteiger partial charge < -0.3 is 5.32 Å². The van der Waals surface area contributed by atoms with Gasteiger partial charge in [0, 0.05) is 36.5 Å². The minimum atomic E-state index is 0.349. The summed E-state index contributed by atoms with van der Waals surface area (Å²) in [5, 5.41) is 3.69. The van der Waals surface area contributed by atoms with Crippen LogP contribution in [0.25, 0.3) is 0 Å². The zero-order valence-corrected chi connectivity index (χ0v) is 13.4. The predicted octanol–water partition coefficient (Wildman–Crippen LogP) is 2.84. The first-order valence-corrected chi connectivity index (χ1v) is 7.91. The molecule has 0 bridgehead atoms. The summed E-state index contributed by atoms with van der Waals surface area (Å²) in [6.45, 7) is 17.5. The molecule has 1 fully saturated rings. The molecule has 0 aromatic rings. The molecule has 102 valence electrons. The Balaban J connectivity index is 2.64. The first-order chi connectivity index (χ1) is 7.65. The number of nitrogens with one attached hydrogen (secondary N) is 1. The van der Waals surface area contributed by atoms with Crippen molar-refractivity contribution in [1.82, 2.24) is 10.2 Å². The SMILES string of the molecule is CSC(C)(C)CN1CC(C(C)(C)C)NCC1C. The fourth-order valence-corrected chi connectivity index (χ4v) is 2.57. The first kappa shape index (κ1) is 15.3. The molecule has 0 amide bonds. The third-order valence-electron chi connectivity index (χ3n) is 3.88. The van der Waals surface area contributed by atoms with Crippen LogP contribution < -0.4 is 5.32 Å². The number of piperazine rings is 1. The van der Waals surface area contributed by atoms with E-state index in [-0.39, 0.29) is 0 Å². The molecule has 1 N–H and O–H groups in total. The molecule has 0 aromatic carbocycles. The van der Waals surface area contributed by atoms with Gasteiger partial charge >= 0.3 is 0 Å². The van der Waals surface area contributed by atoms with E-state index < -0.39 is 0 Å². The van der Waals surface area contributed by atoms with E-state index >= 15 is 0 Å². The summed E-state index contributed by atoms with van der Waals surface area (Å²) >= 11 is 1.97. The Morgan fingerprint density at radius 1 is 1.24 bits per heavy atom. The van der Waals surface area contributed by atoms with Crippen molar-refractivity contribution in [1.29, 1.82) is 0 Å². The minimum absolute atomic E-state index is 0.349. The molecule has 2 unspecified atom stereocenters. The maximum atomic E-state index is 3.69. The van der Waals surface area contributed by atoms with Crippen LogP contribution in [0.4, 0.5) is 0 Å². The lowest BCUT2D eigenvalue weighted by atomic mass is 9.84. The van der Waals surface area contributed by atoms with Gasteiger partial charge in [-0.05, 0) is 32.4 Å². The van der Waals surface area contributed by atoms with Gasteiger partial charge in [0.2, 0.25) is 0 Å². The van der Waals surface area contributed by atoms with Crippen LogP contribution >= 0.6 is 11.8 Å². The predicted molar refractivity (Wildman–Crippen MR) is 79.9 cm³/mol. The van der Waals surface area contributed by atoms with Gasteiger partial charge in [-0.3, -0.25) is 4.90 Å². The summed E-state index contributed by atoms with van der Waals surface area (Å²) in [5.41, 5.74) is 0.349. The number of nitrogens with zero attached hydrogens (tertiary/aromatic N) is 1. The molecular weight excluding hydrogens is 228 g/mol. The van der Waals surface area contributed by atoms with E-state index in [1.165, 1.54) is 13.1 Å².